The van der Waals surface area contributed by atoms with Crippen LogP contribution in [0.25, 0.3) is 0 Å². The predicted molar refractivity (Wildman–Crippen MR) is 109 cm³/mol. The third kappa shape index (κ3) is 4.23. The van der Waals surface area contributed by atoms with Crippen LogP contribution < -0.4 is 5.32 Å². The summed E-state index contributed by atoms with van der Waals surface area (Å²) in [5.74, 6) is 0.00220. The Morgan fingerprint density at radius 1 is 1.08 bits per heavy atom. The first-order chi connectivity index (χ1) is 12.0. The molecule has 0 atom stereocenters. The lowest BCUT2D eigenvalue weighted by molar-refractivity contribution is 0.0487. The molecule has 0 radical (unpaired) electrons. The molecule has 0 aliphatic carbocycles. The summed E-state index contributed by atoms with van der Waals surface area (Å²) < 4.78 is 6.57. The number of rotatable bonds is 4. The zero-order valence-electron chi connectivity index (χ0n) is 14.8. The fourth-order valence-corrected chi connectivity index (χ4v) is 4.30. The number of nitrogens with one attached hydrogen (secondary N) is 1. The van der Waals surface area contributed by atoms with Gasteiger partial charge in [-0.05, 0) is 67.0 Å². The van der Waals surface area contributed by atoms with Crippen LogP contribution in [0.1, 0.15) is 39.9 Å². The lowest BCUT2D eigenvalue weighted by atomic mass is 9.74. The summed E-state index contributed by atoms with van der Waals surface area (Å²) in [5.41, 5.74) is 4.42. The van der Waals surface area contributed by atoms with Gasteiger partial charge >= 0.3 is 0 Å². The highest BCUT2D eigenvalue weighted by Gasteiger charge is 2.35. The second-order valence-corrected chi connectivity index (χ2v) is 8.09. The molecule has 0 bridgehead atoms. The SMILES string of the molecule is Cc1ccc(C2(CNC(=O)c3ccc(C)cc3I)CCOCC2)cc1. The van der Waals surface area contributed by atoms with Crippen LogP contribution in [-0.2, 0) is 10.2 Å². The van der Waals surface area contributed by atoms with Gasteiger partial charge in [0.25, 0.3) is 5.91 Å². The zero-order chi connectivity index (χ0) is 17.9. The van der Waals surface area contributed by atoms with E-state index in [0.29, 0.717) is 6.54 Å². The highest BCUT2D eigenvalue weighted by molar-refractivity contribution is 14.1. The minimum atomic E-state index is -0.0439. The van der Waals surface area contributed by atoms with E-state index in [2.05, 4.69) is 59.1 Å². The molecule has 0 aromatic heterocycles. The van der Waals surface area contributed by atoms with Crippen LogP contribution >= 0.6 is 22.6 Å². The van der Waals surface area contributed by atoms with E-state index in [1.807, 2.05) is 25.1 Å². The van der Waals surface area contributed by atoms with Crippen molar-refractivity contribution in [3.05, 3.63) is 68.3 Å². The molecule has 25 heavy (non-hydrogen) atoms. The van der Waals surface area contributed by atoms with E-state index in [1.165, 1.54) is 16.7 Å². The van der Waals surface area contributed by atoms with Gasteiger partial charge in [-0.3, -0.25) is 4.79 Å². The Kier molecular flexibility index (Phi) is 5.79. The number of carbonyl (C=O) groups is 1. The number of aryl methyl sites for hydroxylation is 2. The first kappa shape index (κ1) is 18.4. The summed E-state index contributed by atoms with van der Waals surface area (Å²) >= 11 is 2.23. The van der Waals surface area contributed by atoms with Gasteiger partial charge in [0.2, 0.25) is 0 Å². The Morgan fingerprint density at radius 3 is 2.36 bits per heavy atom. The molecule has 1 aliphatic heterocycles. The van der Waals surface area contributed by atoms with E-state index in [-0.39, 0.29) is 11.3 Å². The monoisotopic (exact) mass is 449 g/mol. The normalized spacial score (nSPS) is 16.4. The third-order valence-electron chi connectivity index (χ3n) is 5.07. The molecule has 0 unspecified atom stereocenters. The van der Waals surface area contributed by atoms with Crippen LogP contribution in [0.15, 0.2) is 42.5 Å². The molecule has 1 saturated heterocycles. The van der Waals surface area contributed by atoms with Gasteiger partial charge in [0.15, 0.2) is 0 Å². The van der Waals surface area contributed by atoms with Gasteiger partial charge in [-0.2, -0.15) is 0 Å². The molecule has 0 saturated carbocycles. The van der Waals surface area contributed by atoms with Crippen LogP contribution in [0.4, 0.5) is 0 Å². The highest BCUT2D eigenvalue weighted by atomic mass is 127. The van der Waals surface area contributed by atoms with Gasteiger partial charge in [-0.1, -0.05) is 41.5 Å². The van der Waals surface area contributed by atoms with Gasteiger partial charge in [0, 0.05) is 28.7 Å². The minimum Gasteiger partial charge on any atom is -0.381 e. The van der Waals surface area contributed by atoms with Crippen LogP contribution in [0, 0.1) is 17.4 Å². The maximum absolute atomic E-state index is 12.7. The van der Waals surface area contributed by atoms with Crippen molar-refractivity contribution < 1.29 is 9.53 Å². The number of benzene rings is 2. The van der Waals surface area contributed by atoms with E-state index < -0.39 is 0 Å². The summed E-state index contributed by atoms with van der Waals surface area (Å²) in [4.78, 5) is 12.7. The molecule has 1 amide bonds. The van der Waals surface area contributed by atoms with E-state index in [9.17, 15) is 4.79 Å². The van der Waals surface area contributed by atoms with Crippen molar-refractivity contribution in [2.24, 2.45) is 0 Å². The van der Waals surface area contributed by atoms with Crippen LogP contribution in [0.2, 0.25) is 0 Å². The molecular weight excluding hydrogens is 425 g/mol. The summed E-state index contributed by atoms with van der Waals surface area (Å²) in [5, 5.41) is 3.18. The fraction of sp³-hybridized carbons (Fsp3) is 0.381. The first-order valence-corrected chi connectivity index (χ1v) is 9.77. The maximum atomic E-state index is 12.7. The standard InChI is InChI=1S/C21H24INO2/c1-15-3-6-17(7-4-15)21(9-11-25-12-10-21)14-23-20(24)18-8-5-16(2)13-19(18)22/h3-8,13H,9-12,14H2,1-2H3,(H,23,24). The Morgan fingerprint density at radius 2 is 1.72 bits per heavy atom. The molecule has 0 spiro atoms. The van der Waals surface area contributed by atoms with E-state index in [0.717, 1.165) is 35.2 Å². The molecule has 1 fully saturated rings. The molecule has 3 nitrogen and oxygen atoms in total. The Balaban J connectivity index is 1.79. The van der Waals surface area contributed by atoms with Crippen molar-refractivity contribution in [3.63, 3.8) is 0 Å². The second kappa shape index (κ2) is 7.87. The maximum Gasteiger partial charge on any atom is 0.252 e. The Hall–Kier alpha value is -1.40. The minimum absolute atomic E-state index is 0.00220. The molecule has 4 heteroatoms. The molecule has 1 heterocycles. The lowest BCUT2D eigenvalue weighted by Gasteiger charge is -2.38. The summed E-state index contributed by atoms with van der Waals surface area (Å²) in [6, 6.07) is 14.6. The number of hydrogen-bond acceptors (Lipinski definition) is 2. The van der Waals surface area contributed by atoms with Crippen molar-refractivity contribution in [3.8, 4) is 0 Å². The molecule has 3 rings (SSSR count). The van der Waals surface area contributed by atoms with Gasteiger partial charge < -0.3 is 10.1 Å². The summed E-state index contributed by atoms with van der Waals surface area (Å²) in [6.45, 7) is 6.26. The average molecular weight is 449 g/mol. The number of halogens is 1. The van der Waals surface area contributed by atoms with E-state index in [1.54, 1.807) is 0 Å². The highest BCUT2D eigenvalue weighted by Crippen LogP contribution is 2.34. The van der Waals surface area contributed by atoms with E-state index in [4.69, 9.17) is 4.74 Å². The summed E-state index contributed by atoms with van der Waals surface area (Å²) in [7, 11) is 0. The molecule has 1 aliphatic rings. The van der Waals surface area contributed by atoms with Crippen LogP contribution in [0.5, 0.6) is 0 Å². The van der Waals surface area contributed by atoms with E-state index >= 15 is 0 Å². The van der Waals surface area contributed by atoms with Gasteiger partial charge in [0.05, 0.1) is 5.56 Å². The average Bonchev–Trinajstić information content (AvgIpc) is 2.61. The van der Waals surface area contributed by atoms with Crippen molar-refractivity contribution in [2.45, 2.75) is 32.1 Å². The largest absolute Gasteiger partial charge is 0.381 e. The Labute approximate surface area is 163 Å². The molecular formula is C21H24INO2. The van der Waals surface area contributed by atoms with Crippen LogP contribution in [0.3, 0.4) is 0 Å². The van der Waals surface area contributed by atoms with Gasteiger partial charge in [-0.15, -0.1) is 0 Å². The van der Waals surface area contributed by atoms with Crippen molar-refractivity contribution in [2.75, 3.05) is 19.8 Å². The molecule has 1 N–H and O–H groups in total. The van der Waals surface area contributed by atoms with Crippen molar-refractivity contribution in [1.82, 2.24) is 5.32 Å². The fourth-order valence-electron chi connectivity index (χ4n) is 3.39. The van der Waals surface area contributed by atoms with Crippen LogP contribution in [-0.4, -0.2) is 25.7 Å². The van der Waals surface area contributed by atoms with Gasteiger partial charge in [0.1, 0.15) is 0 Å². The number of amides is 1. The first-order valence-electron chi connectivity index (χ1n) is 8.69. The zero-order valence-corrected chi connectivity index (χ0v) is 16.9. The lowest BCUT2D eigenvalue weighted by Crippen LogP contribution is -2.44. The van der Waals surface area contributed by atoms with Gasteiger partial charge in [-0.25, -0.2) is 0 Å². The predicted octanol–water partition coefficient (Wildman–Crippen LogP) is 4.39. The third-order valence-corrected chi connectivity index (χ3v) is 5.96. The molecule has 2 aromatic rings. The second-order valence-electron chi connectivity index (χ2n) is 6.92. The van der Waals surface area contributed by atoms with Crippen molar-refractivity contribution >= 4 is 28.5 Å². The summed E-state index contributed by atoms with van der Waals surface area (Å²) in [6.07, 6.45) is 1.86. The number of ether oxygens (including phenoxy) is 1. The molecule has 132 valence electrons. The topological polar surface area (TPSA) is 38.3 Å². The Bertz CT molecular complexity index is 749. The molecule has 2 aromatic carbocycles. The van der Waals surface area contributed by atoms with Crippen molar-refractivity contribution in [1.29, 1.82) is 0 Å². The number of carbonyl (C=O) groups excluding carboxylic acids is 1. The smallest absolute Gasteiger partial charge is 0.252 e. The quantitative estimate of drug-likeness (QED) is 0.704. The number of hydrogen-bond donors (Lipinski definition) is 1.